The molecule has 1 fully saturated rings. The second kappa shape index (κ2) is 10.0. The summed E-state index contributed by atoms with van der Waals surface area (Å²) in [5.74, 6) is 1.47. The zero-order valence-corrected chi connectivity index (χ0v) is 19.9. The Kier molecular flexibility index (Phi) is 6.91. The smallest absolute Gasteiger partial charge is 0.337 e. The Labute approximate surface area is 199 Å². The second-order valence-electron chi connectivity index (χ2n) is 9.02. The van der Waals surface area contributed by atoms with E-state index in [4.69, 9.17) is 9.47 Å². The third-order valence-corrected chi connectivity index (χ3v) is 5.91. The normalized spacial score (nSPS) is 15.6. The fourth-order valence-corrected chi connectivity index (χ4v) is 3.98. The number of esters is 1. The predicted molar refractivity (Wildman–Crippen MR) is 129 cm³/mol. The SMILES string of the molecule is COC(=O)c1ccc(CN2C[C@@H](C)CC2=O)c(Oc2ccc(-c3ccc(C(C)C)nn3)cc2)c1. The highest BCUT2D eigenvalue weighted by molar-refractivity contribution is 5.90. The number of hydrogen-bond donors (Lipinski definition) is 0. The topological polar surface area (TPSA) is 81.6 Å². The number of carbonyl (C=O) groups excluding carboxylic acids is 2. The number of aromatic nitrogens is 2. The van der Waals surface area contributed by atoms with Gasteiger partial charge in [-0.05, 0) is 60.4 Å². The molecule has 1 atom stereocenters. The van der Waals surface area contributed by atoms with Crippen LogP contribution < -0.4 is 4.74 Å². The van der Waals surface area contributed by atoms with Crippen molar-refractivity contribution in [1.82, 2.24) is 15.1 Å². The molecule has 0 spiro atoms. The van der Waals surface area contributed by atoms with Gasteiger partial charge in [-0.3, -0.25) is 4.79 Å². The van der Waals surface area contributed by atoms with E-state index >= 15 is 0 Å². The van der Waals surface area contributed by atoms with E-state index in [1.165, 1.54) is 7.11 Å². The summed E-state index contributed by atoms with van der Waals surface area (Å²) in [4.78, 5) is 26.2. The van der Waals surface area contributed by atoms with Gasteiger partial charge in [0.2, 0.25) is 5.91 Å². The number of benzene rings is 2. The second-order valence-corrected chi connectivity index (χ2v) is 9.02. The first-order valence-corrected chi connectivity index (χ1v) is 11.4. The van der Waals surface area contributed by atoms with Crippen LogP contribution in [0.1, 0.15) is 54.7 Å². The lowest BCUT2D eigenvalue weighted by molar-refractivity contribution is -0.128. The quantitative estimate of drug-likeness (QED) is 0.451. The number of amides is 1. The zero-order chi connectivity index (χ0) is 24.2. The van der Waals surface area contributed by atoms with Crippen molar-refractivity contribution >= 4 is 11.9 Å². The molecular formula is C27H29N3O4. The van der Waals surface area contributed by atoms with Crippen molar-refractivity contribution in [1.29, 1.82) is 0 Å². The van der Waals surface area contributed by atoms with Crippen LogP contribution in [0.15, 0.2) is 54.6 Å². The van der Waals surface area contributed by atoms with Crippen LogP contribution in [0.3, 0.4) is 0 Å². The molecule has 0 bridgehead atoms. The summed E-state index contributed by atoms with van der Waals surface area (Å²) in [5.41, 5.74) is 3.88. The van der Waals surface area contributed by atoms with E-state index in [1.807, 2.05) is 47.4 Å². The van der Waals surface area contributed by atoms with Crippen molar-refractivity contribution in [3.8, 4) is 22.8 Å². The molecule has 1 saturated heterocycles. The molecular weight excluding hydrogens is 430 g/mol. The predicted octanol–water partition coefficient (Wildman–Crippen LogP) is 5.21. The van der Waals surface area contributed by atoms with Gasteiger partial charge in [0.1, 0.15) is 11.5 Å². The van der Waals surface area contributed by atoms with E-state index in [9.17, 15) is 9.59 Å². The molecule has 2 heterocycles. The van der Waals surface area contributed by atoms with E-state index in [0.717, 1.165) is 22.5 Å². The summed E-state index contributed by atoms with van der Waals surface area (Å²) in [6, 6.07) is 16.7. The number of methoxy groups -OCH3 is 1. The van der Waals surface area contributed by atoms with Crippen LogP contribution in [-0.2, 0) is 16.1 Å². The van der Waals surface area contributed by atoms with E-state index in [0.29, 0.717) is 48.4 Å². The van der Waals surface area contributed by atoms with E-state index < -0.39 is 5.97 Å². The van der Waals surface area contributed by atoms with Gasteiger partial charge in [-0.25, -0.2) is 4.79 Å². The number of nitrogens with zero attached hydrogens (tertiary/aromatic N) is 3. The highest BCUT2D eigenvalue weighted by Crippen LogP contribution is 2.31. The van der Waals surface area contributed by atoms with Crippen molar-refractivity contribution in [2.75, 3.05) is 13.7 Å². The molecule has 4 rings (SSSR count). The van der Waals surface area contributed by atoms with Gasteiger partial charge in [0.15, 0.2) is 0 Å². The minimum absolute atomic E-state index is 0.129. The van der Waals surface area contributed by atoms with Crippen LogP contribution in [0, 0.1) is 5.92 Å². The molecule has 2 aromatic carbocycles. The Balaban J connectivity index is 1.57. The van der Waals surface area contributed by atoms with Gasteiger partial charge in [0.25, 0.3) is 0 Å². The van der Waals surface area contributed by atoms with Crippen LogP contribution in [-0.4, -0.2) is 40.6 Å². The Hall–Kier alpha value is -3.74. The average Bonchev–Trinajstić information content (AvgIpc) is 3.16. The molecule has 176 valence electrons. The molecule has 1 aromatic heterocycles. The first-order valence-electron chi connectivity index (χ1n) is 11.4. The fourth-order valence-electron chi connectivity index (χ4n) is 3.98. The molecule has 34 heavy (non-hydrogen) atoms. The molecule has 0 aliphatic carbocycles. The Morgan fingerprint density at radius 3 is 2.44 bits per heavy atom. The van der Waals surface area contributed by atoms with Crippen LogP contribution in [0.2, 0.25) is 0 Å². The van der Waals surface area contributed by atoms with Gasteiger partial charge < -0.3 is 14.4 Å². The average molecular weight is 460 g/mol. The van der Waals surface area contributed by atoms with Crippen LogP contribution in [0.25, 0.3) is 11.3 Å². The third kappa shape index (κ3) is 5.25. The lowest BCUT2D eigenvalue weighted by Crippen LogP contribution is -2.24. The first-order chi connectivity index (χ1) is 16.3. The zero-order valence-electron chi connectivity index (χ0n) is 19.9. The molecule has 7 heteroatoms. The van der Waals surface area contributed by atoms with E-state index in [1.54, 1.807) is 12.1 Å². The number of carbonyl (C=O) groups is 2. The monoisotopic (exact) mass is 459 g/mol. The van der Waals surface area contributed by atoms with Gasteiger partial charge in [0, 0.05) is 30.6 Å². The molecule has 0 N–H and O–H groups in total. The molecule has 0 radical (unpaired) electrons. The minimum atomic E-state index is -0.443. The maximum absolute atomic E-state index is 12.3. The molecule has 0 saturated carbocycles. The summed E-state index contributed by atoms with van der Waals surface area (Å²) in [7, 11) is 1.34. The summed E-state index contributed by atoms with van der Waals surface area (Å²) in [6.45, 7) is 7.37. The first kappa shape index (κ1) is 23.4. The summed E-state index contributed by atoms with van der Waals surface area (Å²) >= 11 is 0. The number of likely N-dealkylation sites (tertiary alicyclic amines) is 1. The van der Waals surface area contributed by atoms with Gasteiger partial charge in [-0.15, -0.1) is 0 Å². The number of hydrogen-bond acceptors (Lipinski definition) is 6. The van der Waals surface area contributed by atoms with Gasteiger partial charge >= 0.3 is 5.97 Å². The maximum atomic E-state index is 12.3. The van der Waals surface area contributed by atoms with Crippen LogP contribution in [0.5, 0.6) is 11.5 Å². The summed E-state index contributed by atoms with van der Waals surface area (Å²) in [6.07, 6.45) is 0.555. The van der Waals surface area contributed by atoms with Crippen LogP contribution in [0.4, 0.5) is 0 Å². The van der Waals surface area contributed by atoms with Crippen molar-refractivity contribution in [3.05, 3.63) is 71.4 Å². The Morgan fingerprint density at radius 1 is 1.09 bits per heavy atom. The Bertz CT molecular complexity index is 1170. The lowest BCUT2D eigenvalue weighted by Gasteiger charge is -2.19. The fraction of sp³-hybridized carbons (Fsp3) is 0.333. The summed E-state index contributed by atoms with van der Waals surface area (Å²) in [5, 5.41) is 8.62. The van der Waals surface area contributed by atoms with Crippen molar-refractivity contribution < 1.29 is 19.1 Å². The molecule has 3 aromatic rings. The molecule has 1 aliphatic heterocycles. The van der Waals surface area contributed by atoms with Gasteiger partial charge in [0.05, 0.1) is 24.1 Å². The van der Waals surface area contributed by atoms with Crippen molar-refractivity contribution in [2.24, 2.45) is 5.92 Å². The Morgan fingerprint density at radius 2 is 1.85 bits per heavy atom. The highest BCUT2D eigenvalue weighted by Gasteiger charge is 2.27. The third-order valence-electron chi connectivity index (χ3n) is 5.91. The molecule has 1 aliphatic rings. The largest absolute Gasteiger partial charge is 0.465 e. The number of ether oxygens (including phenoxy) is 2. The van der Waals surface area contributed by atoms with E-state index in [2.05, 4.69) is 31.0 Å². The minimum Gasteiger partial charge on any atom is -0.465 e. The van der Waals surface area contributed by atoms with Gasteiger partial charge in [-0.1, -0.05) is 26.8 Å². The highest BCUT2D eigenvalue weighted by atomic mass is 16.5. The van der Waals surface area contributed by atoms with E-state index in [-0.39, 0.29) is 5.91 Å². The number of rotatable bonds is 7. The van der Waals surface area contributed by atoms with Gasteiger partial charge in [-0.2, -0.15) is 10.2 Å². The summed E-state index contributed by atoms with van der Waals surface area (Å²) < 4.78 is 11.0. The van der Waals surface area contributed by atoms with Crippen molar-refractivity contribution in [3.63, 3.8) is 0 Å². The molecule has 0 unspecified atom stereocenters. The lowest BCUT2D eigenvalue weighted by atomic mass is 10.1. The molecule has 1 amide bonds. The molecule has 7 nitrogen and oxygen atoms in total. The van der Waals surface area contributed by atoms with Crippen LogP contribution >= 0.6 is 0 Å². The standard InChI is InChI=1S/C27H29N3O4/c1-17(2)23-11-12-24(29-28-23)19-7-9-22(10-8-19)34-25-14-20(27(32)33-4)5-6-21(25)16-30-15-18(3)13-26(30)31/h5-12,14,17-18H,13,15-16H2,1-4H3/t18-/m0/s1. The maximum Gasteiger partial charge on any atom is 0.337 e. The van der Waals surface area contributed by atoms with Crippen molar-refractivity contribution in [2.45, 2.75) is 39.7 Å².